The summed E-state index contributed by atoms with van der Waals surface area (Å²) in [6.45, 7) is 2.13. The van der Waals surface area contributed by atoms with Crippen molar-refractivity contribution in [2.24, 2.45) is 0 Å². The molecule has 0 aliphatic rings. The molecule has 2 amide bonds. The number of ether oxygens (including phenoxy) is 1. The molecule has 0 saturated heterocycles. The number of benzene rings is 2. The van der Waals surface area contributed by atoms with Crippen molar-refractivity contribution in [1.29, 1.82) is 0 Å². The van der Waals surface area contributed by atoms with Crippen molar-refractivity contribution in [2.45, 2.75) is 32.4 Å². The van der Waals surface area contributed by atoms with E-state index in [0.29, 0.717) is 19.4 Å². The van der Waals surface area contributed by atoms with E-state index in [0.717, 1.165) is 16.9 Å². The van der Waals surface area contributed by atoms with Gasteiger partial charge in [0.2, 0.25) is 11.8 Å². The van der Waals surface area contributed by atoms with Gasteiger partial charge < -0.3 is 15.0 Å². The summed E-state index contributed by atoms with van der Waals surface area (Å²) in [5.41, 5.74) is 2.06. The van der Waals surface area contributed by atoms with Crippen LogP contribution in [0.25, 0.3) is 0 Å². The number of rotatable bonds is 8. The maximum Gasteiger partial charge on any atom is 0.242 e. The molecule has 0 fully saturated rings. The Morgan fingerprint density at radius 3 is 2.27 bits per heavy atom. The minimum atomic E-state index is -0.537. The highest BCUT2D eigenvalue weighted by atomic mass is 16.5. The zero-order valence-electron chi connectivity index (χ0n) is 15.6. The van der Waals surface area contributed by atoms with Crippen LogP contribution in [0.15, 0.2) is 54.6 Å². The van der Waals surface area contributed by atoms with Gasteiger partial charge >= 0.3 is 0 Å². The maximum absolute atomic E-state index is 12.8. The Balaban J connectivity index is 2.11. The molecule has 2 rings (SSSR count). The van der Waals surface area contributed by atoms with E-state index in [-0.39, 0.29) is 11.8 Å². The molecule has 1 atom stereocenters. The Bertz CT molecular complexity index is 714. The van der Waals surface area contributed by atoms with E-state index < -0.39 is 6.04 Å². The molecule has 0 aliphatic heterocycles. The Hall–Kier alpha value is -2.82. The maximum atomic E-state index is 12.8. The zero-order valence-corrected chi connectivity index (χ0v) is 15.6. The van der Waals surface area contributed by atoms with Crippen LogP contribution in [0.1, 0.15) is 24.5 Å². The van der Waals surface area contributed by atoms with E-state index in [1.807, 2.05) is 54.6 Å². The van der Waals surface area contributed by atoms with Gasteiger partial charge in [0.1, 0.15) is 11.8 Å². The number of methoxy groups -OCH3 is 1. The third-order valence-corrected chi connectivity index (χ3v) is 4.40. The number of hydrogen-bond acceptors (Lipinski definition) is 3. The van der Waals surface area contributed by atoms with Gasteiger partial charge in [0.05, 0.1) is 7.11 Å². The van der Waals surface area contributed by atoms with Crippen LogP contribution in [0.2, 0.25) is 0 Å². The molecular formula is C21H26N2O3. The third-order valence-electron chi connectivity index (χ3n) is 4.40. The van der Waals surface area contributed by atoms with Crippen molar-refractivity contribution < 1.29 is 14.3 Å². The topological polar surface area (TPSA) is 58.6 Å². The summed E-state index contributed by atoms with van der Waals surface area (Å²) in [6.07, 6.45) is 1.01. The van der Waals surface area contributed by atoms with E-state index >= 15 is 0 Å². The van der Waals surface area contributed by atoms with E-state index in [1.165, 1.54) is 0 Å². The van der Waals surface area contributed by atoms with Crippen LogP contribution in [-0.4, -0.2) is 36.9 Å². The third kappa shape index (κ3) is 5.34. The van der Waals surface area contributed by atoms with Crippen molar-refractivity contribution in [1.82, 2.24) is 10.2 Å². The molecule has 5 nitrogen and oxygen atoms in total. The van der Waals surface area contributed by atoms with Crippen LogP contribution in [-0.2, 0) is 22.6 Å². The summed E-state index contributed by atoms with van der Waals surface area (Å²) in [5.74, 6) is 0.544. The van der Waals surface area contributed by atoms with Gasteiger partial charge in [-0.15, -0.1) is 0 Å². The van der Waals surface area contributed by atoms with Crippen LogP contribution < -0.4 is 10.1 Å². The number of aryl methyl sites for hydroxylation is 1. The number of amides is 2. The Labute approximate surface area is 155 Å². The van der Waals surface area contributed by atoms with Gasteiger partial charge in [-0.2, -0.15) is 0 Å². The predicted octanol–water partition coefficient (Wildman–Crippen LogP) is 2.79. The van der Waals surface area contributed by atoms with E-state index in [2.05, 4.69) is 5.32 Å². The standard InChI is InChI=1S/C21H26N2O3/c1-16(21(25)22-2)23(15-18-9-12-19(26-3)13-10-18)20(24)14-11-17-7-5-4-6-8-17/h4-10,12-13,16H,11,14-15H2,1-3H3,(H,22,25)/t16-/m0/s1. The number of hydrogen-bond donors (Lipinski definition) is 1. The second kappa shape index (κ2) is 9.61. The first-order chi connectivity index (χ1) is 12.5. The van der Waals surface area contributed by atoms with Crippen LogP contribution in [0.5, 0.6) is 5.75 Å². The van der Waals surface area contributed by atoms with Crippen molar-refractivity contribution >= 4 is 11.8 Å². The van der Waals surface area contributed by atoms with E-state index in [4.69, 9.17) is 4.74 Å². The lowest BCUT2D eigenvalue weighted by molar-refractivity contribution is -0.140. The Morgan fingerprint density at radius 1 is 1.04 bits per heavy atom. The molecule has 0 spiro atoms. The largest absolute Gasteiger partial charge is 0.497 e. The molecule has 1 N–H and O–H groups in total. The smallest absolute Gasteiger partial charge is 0.242 e. The highest BCUT2D eigenvalue weighted by Crippen LogP contribution is 2.16. The average molecular weight is 354 g/mol. The highest BCUT2D eigenvalue weighted by Gasteiger charge is 2.25. The fourth-order valence-electron chi connectivity index (χ4n) is 2.76. The summed E-state index contributed by atoms with van der Waals surface area (Å²) in [4.78, 5) is 26.6. The molecule has 138 valence electrons. The molecular weight excluding hydrogens is 328 g/mol. The van der Waals surface area contributed by atoms with Gasteiger partial charge in [0.25, 0.3) is 0 Å². The van der Waals surface area contributed by atoms with Crippen LogP contribution in [0.3, 0.4) is 0 Å². The van der Waals surface area contributed by atoms with Gasteiger partial charge in [0.15, 0.2) is 0 Å². The summed E-state index contributed by atoms with van der Waals surface area (Å²) in [5, 5.41) is 2.63. The lowest BCUT2D eigenvalue weighted by Crippen LogP contribution is -2.46. The molecule has 2 aromatic rings. The van der Waals surface area contributed by atoms with Gasteiger partial charge in [-0.1, -0.05) is 42.5 Å². The second-order valence-corrected chi connectivity index (χ2v) is 6.15. The van der Waals surface area contributed by atoms with Crippen LogP contribution in [0, 0.1) is 0 Å². The van der Waals surface area contributed by atoms with Crippen molar-refractivity contribution in [3.8, 4) is 5.75 Å². The normalized spacial score (nSPS) is 11.5. The van der Waals surface area contributed by atoms with Gasteiger partial charge in [-0.3, -0.25) is 9.59 Å². The Morgan fingerprint density at radius 2 is 1.69 bits per heavy atom. The number of likely N-dealkylation sites (N-methyl/N-ethyl adjacent to an activating group) is 1. The molecule has 0 heterocycles. The quantitative estimate of drug-likeness (QED) is 0.793. The van der Waals surface area contributed by atoms with Crippen LogP contribution in [0.4, 0.5) is 0 Å². The molecule has 0 bridgehead atoms. The van der Waals surface area contributed by atoms with Gasteiger partial charge in [-0.25, -0.2) is 0 Å². The summed E-state index contributed by atoms with van der Waals surface area (Å²) in [6, 6.07) is 16.9. The fraction of sp³-hybridized carbons (Fsp3) is 0.333. The monoisotopic (exact) mass is 354 g/mol. The minimum Gasteiger partial charge on any atom is -0.497 e. The zero-order chi connectivity index (χ0) is 18.9. The highest BCUT2D eigenvalue weighted by molar-refractivity contribution is 5.87. The fourth-order valence-corrected chi connectivity index (χ4v) is 2.76. The number of nitrogens with zero attached hydrogens (tertiary/aromatic N) is 1. The molecule has 0 aromatic heterocycles. The van der Waals surface area contributed by atoms with Crippen molar-refractivity contribution in [3.05, 3.63) is 65.7 Å². The SMILES string of the molecule is CNC(=O)[C@H](C)N(Cc1ccc(OC)cc1)C(=O)CCc1ccccc1. The number of carbonyl (C=O) groups is 2. The lowest BCUT2D eigenvalue weighted by atomic mass is 10.1. The summed E-state index contributed by atoms with van der Waals surface area (Å²) in [7, 11) is 3.20. The predicted molar refractivity (Wildman–Crippen MR) is 102 cm³/mol. The first-order valence-electron chi connectivity index (χ1n) is 8.73. The molecule has 0 aliphatic carbocycles. The average Bonchev–Trinajstić information content (AvgIpc) is 2.70. The van der Waals surface area contributed by atoms with E-state index in [9.17, 15) is 9.59 Å². The molecule has 5 heteroatoms. The van der Waals surface area contributed by atoms with Crippen molar-refractivity contribution in [3.63, 3.8) is 0 Å². The first kappa shape index (κ1) is 19.5. The van der Waals surface area contributed by atoms with Gasteiger partial charge in [0, 0.05) is 20.0 Å². The first-order valence-corrected chi connectivity index (χ1v) is 8.73. The van der Waals surface area contributed by atoms with Crippen molar-refractivity contribution in [2.75, 3.05) is 14.2 Å². The molecule has 0 saturated carbocycles. The minimum absolute atomic E-state index is 0.0410. The second-order valence-electron chi connectivity index (χ2n) is 6.15. The molecule has 26 heavy (non-hydrogen) atoms. The Kier molecular flexibility index (Phi) is 7.21. The summed E-state index contributed by atoms with van der Waals surface area (Å²) < 4.78 is 5.17. The molecule has 2 aromatic carbocycles. The number of nitrogens with one attached hydrogen (secondary N) is 1. The summed E-state index contributed by atoms with van der Waals surface area (Å²) >= 11 is 0. The molecule has 0 unspecified atom stereocenters. The van der Waals surface area contributed by atoms with E-state index in [1.54, 1.807) is 26.0 Å². The molecule has 0 radical (unpaired) electrons. The van der Waals surface area contributed by atoms with Gasteiger partial charge in [-0.05, 0) is 36.6 Å². The lowest BCUT2D eigenvalue weighted by Gasteiger charge is -2.28. The number of carbonyl (C=O) groups excluding carboxylic acids is 2. The van der Waals surface area contributed by atoms with Crippen LogP contribution >= 0.6 is 0 Å².